The Kier molecular flexibility index (Phi) is 3.87. The van der Waals surface area contributed by atoms with Crippen molar-refractivity contribution in [3.8, 4) is 0 Å². The maximum atomic E-state index is 11.4. The lowest BCUT2D eigenvalue weighted by Gasteiger charge is -2.20. The van der Waals surface area contributed by atoms with E-state index in [1.165, 1.54) is 0 Å². The average molecular weight is 267 g/mol. The molecule has 18 heavy (non-hydrogen) atoms. The number of nitrogens with zero attached hydrogens (tertiary/aromatic N) is 1. The fourth-order valence-corrected chi connectivity index (χ4v) is 2.20. The molecular weight excluding hydrogens is 252 g/mol. The number of hydrogen-bond donors (Lipinski definition) is 1. The second-order valence-corrected chi connectivity index (χ2v) is 4.69. The number of nitrogens with one attached hydrogen (secondary N) is 1. The minimum Gasteiger partial charge on any atom is -0.340 e. The number of anilines is 1. The van der Waals surface area contributed by atoms with Gasteiger partial charge in [0.25, 0.3) is 0 Å². The Balaban J connectivity index is 2.12. The molecule has 2 amide bonds. The topological polar surface area (TPSA) is 49.4 Å². The lowest BCUT2D eigenvalue weighted by atomic mass is 10.0. The number of aryl methyl sites for hydroxylation is 1. The first-order valence-corrected chi connectivity index (χ1v) is 6.35. The van der Waals surface area contributed by atoms with Crippen molar-refractivity contribution in [2.45, 2.75) is 19.4 Å². The molecule has 0 unspecified atom stereocenters. The fourth-order valence-electron chi connectivity index (χ4n) is 2.00. The van der Waals surface area contributed by atoms with E-state index >= 15 is 0 Å². The predicted molar refractivity (Wildman–Crippen MR) is 70.6 cm³/mol. The van der Waals surface area contributed by atoms with Crippen LogP contribution in [0, 0.1) is 0 Å². The molecule has 1 aromatic rings. The van der Waals surface area contributed by atoms with Gasteiger partial charge in [-0.25, -0.2) is 0 Å². The Labute approximate surface area is 111 Å². The Hall–Kier alpha value is -1.55. The number of alkyl halides is 1. The molecule has 4 nitrogen and oxygen atoms in total. The Bertz CT molecular complexity index is 488. The van der Waals surface area contributed by atoms with E-state index in [9.17, 15) is 9.59 Å². The van der Waals surface area contributed by atoms with Gasteiger partial charge in [-0.3, -0.25) is 9.59 Å². The number of hydrogen-bond acceptors (Lipinski definition) is 2. The second-order valence-electron chi connectivity index (χ2n) is 4.42. The van der Waals surface area contributed by atoms with Gasteiger partial charge in [0.05, 0.1) is 0 Å². The van der Waals surface area contributed by atoms with Gasteiger partial charge in [-0.05, 0) is 23.6 Å². The maximum absolute atomic E-state index is 11.4. The SMILES string of the molecule is CN(Cc1ccc2c(c1)CCC(=O)N2)C(=O)CCl. The summed E-state index contributed by atoms with van der Waals surface area (Å²) in [5.74, 6) is -0.0373. The third-order valence-electron chi connectivity index (χ3n) is 3.02. The lowest BCUT2D eigenvalue weighted by molar-refractivity contribution is -0.127. The molecule has 1 N–H and O–H groups in total. The molecule has 0 saturated carbocycles. The van der Waals surface area contributed by atoms with E-state index in [0.717, 1.165) is 23.2 Å². The van der Waals surface area contributed by atoms with Crippen molar-refractivity contribution in [1.82, 2.24) is 4.90 Å². The molecule has 0 aromatic heterocycles. The van der Waals surface area contributed by atoms with Crippen LogP contribution in [0.1, 0.15) is 17.5 Å². The zero-order valence-electron chi connectivity index (χ0n) is 10.2. The molecule has 1 aliphatic heterocycles. The van der Waals surface area contributed by atoms with Gasteiger partial charge in [-0.2, -0.15) is 0 Å². The predicted octanol–water partition coefficient (Wildman–Crippen LogP) is 1.77. The molecule has 0 fully saturated rings. The van der Waals surface area contributed by atoms with E-state index in [-0.39, 0.29) is 17.7 Å². The van der Waals surface area contributed by atoms with Crippen molar-refractivity contribution in [2.24, 2.45) is 0 Å². The van der Waals surface area contributed by atoms with E-state index in [1.54, 1.807) is 11.9 Å². The normalized spacial score (nSPS) is 13.8. The Morgan fingerprint density at radius 2 is 2.22 bits per heavy atom. The molecular formula is C13H15ClN2O2. The summed E-state index contributed by atoms with van der Waals surface area (Å²) in [4.78, 5) is 24.2. The van der Waals surface area contributed by atoms with Crippen LogP contribution in [-0.2, 0) is 22.6 Å². The van der Waals surface area contributed by atoms with Crippen molar-refractivity contribution in [1.29, 1.82) is 0 Å². The standard InChI is InChI=1S/C13H15ClN2O2/c1-16(13(18)7-14)8-9-2-4-11-10(6-9)3-5-12(17)15-11/h2,4,6H,3,5,7-8H2,1H3,(H,15,17). The summed E-state index contributed by atoms with van der Waals surface area (Å²) in [6.07, 6.45) is 1.27. The molecule has 1 aromatic carbocycles. The molecule has 0 saturated heterocycles. The van der Waals surface area contributed by atoms with Gasteiger partial charge in [0.2, 0.25) is 11.8 Å². The van der Waals surface area contributed by atoms with Crippen molar-refractivity contribution in [3.05, 3.63) is 29.3 Å². The summed E-state index contributed by atoms with van der Waals surface area (Å²) in [7, 11) is 1.73. The first-order valence-electron chi connectivity index (χ1n) is 5.81. The van der Waals surface area contributed by atoms with Gasteiger partial charge in [-0.15, -0.1) is 11.6 Å². The summed E-state index contributed by atoms with van der Waals surface area (Å²) in [5, 5.41) is 2.83. The number of benzene rings is 1. The molecule has 96 valence electrons. The summed E-state index contributed by atoms with van der Waals surface area (Å²) in [6.45, 7) is 0.535. The van der Waals surface area contributed by atoms with Crippen molar-refractivity contribution < 1.29 is 9.59 Å². The van der Waals surface area contributed by atoms with E-state index in [0.29, 0.717) is 13.0 Å². The van der Waals surface area contributed by atoms with Crippen LogP contribution in [0.5, 0.6) is 0 Å². The number of carbonyl (C=O) groups excluding carboxylic acids is 2. The highest BCUT2D eigenvalue weighted by molar-refractivity contribution is 6.27. The first-order chi connectivity index (χ1) is 8.60. The zero-order chi connectivity index (χ0) is 13.1. The third-order valence-corrected chi connectivity index (χ3v) is 3.25. The molecule has 0 spiro atoms. The Morgan fingerprint density at radius 3 is 2.94 bits per heavy atom. The first kappa shape index (κ1) is 12.9. The number of rotatable bonds is 3. The number of carbonyl (C=O) groups is 2. The third kappa shape index (κ3) is 2.82. The minimum atomic E-state index is -0.0947. The smallest absolute Gasteiger partial charge is 0.237 e. The van der Waals surface area contributed by atoms with E-state index in [4.69, 9.17) is 11.6 Å². The van der Waals surface area contributed by atoms with E-state index in [2.05, 4.69) is 5.32 Å². The zero-order valence-corrected chi connectivity index (χ0v) is 11.0. The maximum Gasteiger partial charge on any atom is 0.237 e. The Morgan fingerprint density at radius 1 is 1.44 bits per heavy atom. The molecule has 0 bridgehead atoms. The highest BCUT2D eigenvalue weighted by Crippen LogP contribution is 2.23. The second kappa shape index (κ2) is 5.40. The lowest BCUT2D eigenvalue weighted by Crippen LogP contribution is -2.27. The van der Waals surface area contributed by atoms with Crippen LogP contribution in [0.15, 0.2) is 18.2 Å². The highest BCUT2D eigenvalue weighted by atomic mass is 35.5. The van der Waals surface area contributed by atoms with Crippen molar-refractivity contribution >= 4 is 29.1 Å². The molecule has 5 heteroatoms. The quantitative estimate of drug-likeness (QED) is 0.848. The monoisotopic (exact) mass is 266 g/mol. The summed E-state index contributed by atoms with van der Waals surface area (Å²) in [5.41, 5.74) is 3.05. The van der Waals surface area contributed by atoms with Gasteiger partial charge >= 0.3 is 0 Å². The van der Waals surface area contributed by atoms with E-state index in [1.807, 2.05) is 18.2 Å². The number of fused-ring (bicyclic) bond motifs is 1. The van der Waals surface area contributed by atoms with Crippen LogP contribution >= 0.6 is 11.6 Å². The molecule has 1 heterocycles. The van der Waals surface area contributed by atoms with Crippen LogP contribution in [0.4, 0.5) is 5.69 Å². The van der Waals surface area contributed by atoms with E-state index < -0.39 is 0 Å². The molecule has 0 atom stereocenters. The molecule has 1 aliphatic rings. The van der Waals surface area contributed by atoms with Crippen molar-refractivity contribution in [2.75, 3.05) is 18.2 Å². The van der Waals surface area contributed by atoms with Gasteiger partial charge in [-0.1, -0.05) is 12.1 Å². The van der Waals surface area contributed by atoms with Crippen LogP contribution < -0.4 is 5.32 Å². The van der Waals surface area contributed by atoms with Gasteiger partial charge in [0, 0.05) is 25.7 Å². The van der Waals surface area contributed by atoms with Crippen LogP contribution in [0.2, 0.25) is 0 Å². The van der Waals surface area contributed by atoms with Gasteiger partial charge in [0.15, 0.2) is 0 Å². The van der Waals surface area contributed by atoms with Crippen LogP contribution in [-0.4, -0.2) is 29.6 Å². The number of halogens is 1. The van der Waals surface area contributed by atoms with Crippen molar-refractivity contribution in [3.63, 3.8) is 0 Å². The van der Waals surface area contributed by atoms with Gasteiger partial charge in [0.1, 0.15) is 5.88 Å². The molecule has 2 rings (SSSR count). The fraction of sp³-hybridized carbons (Fsp3) is 0.385. The van der Waals surface area contributed by atoms with Gasteiger partial charge < -0.3 is 10.2 Å². The molecule has 0 aliphatic carbocycles. The summed E-state index contributed by atoms with van der Waals surface area (Å²) >= 11 is 5.51. The summed E-state index contributed by atoms with van der Waals surface area (Å²) < 4.78 is 0. The van der Waals surface area contributed by atoms with Crippen LogP contribution in [0.25, 0.3) is 0 Å². The molecule has 0 radical (unpaired) electrons. The average Bonchev–Trinajstić information content (AvgIpc) is 2.38. The highest BCUT2D eigenvalue weighted by Gasteiger charge is 2.15. The number of amides is 2. The largest absolute Gasteiger partial charge is 0.340 e. The van der Waals surface area contributed by atoms with Crippen LogP contribution in [0.3, 0.4) is 0 Å². The minimum absolute atomic E-state index is 0.00248. The summed E-state index contributed by atoms with van der Waals surface area (Å²) in [6, 6.07) is 5.84.